The van der Waals surface area contributed by atoms with Gasteiger partial charge in [0, 0.05) is 17.8 Å². The molecule has 4 heteroatoms. The number of hydrogen-bond acceptors (Lipinski definition) is 3. The van der Waals surface area contributed by atoms with E-state index in [4.69, 9.17) is 10.7 Å². The Morgan fingerprint density at radius 3 is 2.70 bits per heavy atom. The van der Waals surface area contributed by atoms with Crippen LogP contribution in [0.4, 0.5) is 5.69 Å². The van der Waals surface area contributed by atoms with Gasteiger partial charge >= 0.3 is 0 Å². The molecule has 0 radical (unpaired) electrons. The zero-order chi connectivity index (χ0) is 14.3. The first-order valence-corrected chi connectivity index (χ1v) is 7.53. The summed E-state index contributed by atoms with van der Waals surface area (Å²) < 4.78 is 3.24. The quantitative estimate of drug-likeness (QED) is 0.424. The van der Waals surface area contributed by atoms with Crippen LogP contribution in [0, 0.1) is 0 Å². The van der Waals surface area contributed by atoms with Crippen molar-refractivity contribution in [3.8, 4) is 10.6 Å². The van der Waals surface area contributed by atoms with Crippen LogP contribution in [0.3, 0.4) is 0 Å². The number of rotatable bonds is 1. The molecule has 1 heterocycles. The van der Waals surface area contributed by atoms with Crippen LogP contribution in [0.1, 0.15) is 12.5 Å². The monoisotopic (exact) mass is 284 g/mol. The largest absolute Gasteiger partial charge is 0.398 e. The molecule has 0 spiro atoms. The number of nitrogens with zero attached hydrogens (tertiary/aromatic N) is 2. The molecule has 0 unspecified atom stereocenters. The number of benzene rings is 2. The smallest absolute Gasteiger partial charge is 0.201 e. The van der Waals surface area contributed by atoms with Crippen molar-refractivity contribution >= 4 is 27.2 Å². The van der Waals surface area contributed by atoms with Crippen LogP contribution in [0.15, 0.2) is 30.3 Å². The molecule has 1 aromatic rings. The van der Waals surface area contributed by atoms with Gasteiger partial charge < -0.3 is 5.73 Å². The third-order valence-electron chi connectivity index (χ3n) is 3.52. The predicted octanol–water partition coefficient (Wildman–Crippen LogP) is 2.58. The summed E-state index contributed by atoms with van der Waals surface area (Å²) in [6, 6.07) is 10.5. The van der Waals surface area contributed by atoms with Crippen molar-refractivity contribution in [2.45, 2.75) is 13.3 Å². The van der Waals surface area contributed by atoms with Gasteiger partial charge in [-0.3, -0.25) is 0 Å². The van der Waals surface area contributed by atoms with Crippen LogP contribution < -0.4 is 15.7 Å². The highest BCUT2D eigenvalue weighted by Crippen LogP contribution is 2.31. The SMILES string of the molecule is CCc1cc2nc3ccc(=[N+](C)C)cc-3sc2cc1N. The number of nitrogen functional groups attached to an aromatic ring is 1. The lowest BCUT2D eigenvalue weighted by molar-refractivity contribution is 0.814. The highest BCUT2D eigenvalue weighted by atomic mass is 32.1. The van der Waals surface area contributed by atoms with Crippen molar-refractivity contribution in [1.29, 1.82) is 0 Å². The molecule has 0 amide bonds. The topological polar surface area (TPSA) is 41.9 Å². The average molecular weight is 284 g/mol. The number of aromatic nitrogens is 1. The van der Waals surface area contributed by atoms with Gasteiger partial charge in [0.25, 0.3) is 0 Å². The van der Waals surface area contributed by atoms with E-state index < -0.39 is 0 Å². The zero-order valence-corrected chi connectivity index (χ0v) is 12.8. The van der Waals surface area contributed by atoms with Gasteiger partial charge in [0.2, 0.25) is 5.36 Å². The molecule has 1 aliphatic heterocycles. The minimum absolute atomic E-state index is 0.862. The van der Waals surface area contributed by atoms with Crippen molar-refractivity contribution in [1.82, 2.24) is 9.56 Å². The van der Waals surface area contributed by atoms with Gasteiger partial charge in [-0.05, 0) is 30.2 Å². The lowest BCUT2D eigenvalue weighted by Crippen LogP contribution is -2.21. The van der Waals surface area contributed by atoms with E-state index in [1.165, 1.54) is 15.8 Å². The van der Waals surface area contributed by atoms with Gasteiger partial charge in [-0.15, -0.1) is 11.3 Å². The Morgan fingerprint density at radius 2 is 2.00 bits per heavy atom. The molecule has 0 saturated carbocycles. The van der Waals surface area contributed by atoms with Crippen LogP contribution >= 0.6 is 11.3 Å². The summed E-state index contributed by atoms with van der Waals surface area (Å²) in [5.41, 5.74) is 10.2. The summed E-state index contributed by atoms with van der Waals surface area (Å²) in [5, 5.41) is 1.19. The summed E-state index contributed by atoms with van der Waals surface area (Å²) in [7, 11) is 4.09. The van der Waals surface area contributed by atoms with Gasteiger partial charge in [0.1, 0.15) is 14.1 Å². The van der Waals surface area contributed by atoms with Gasteiger partial charge in [-0.2, -0.15) is 0 Å². The summed E-state index contributed by atoms with van der Waals surface area (Å²) in [5.74, 6) is 0. The van der Waals surface area contributed by atoms with Gasteiger partial charge in [-0.25, -0.2) is 9.56 Å². The van der Waals surface area contributed by atoms with Crippen molar-refractivity contribution in [2.24, 2.45) is 0 Å². The molecule has 102 valence electrons. The average Bonchev–Trinajstić information content (AvgIpc) is 2.43. The fourth-order valence-electron chi connectivity index (χ4n) is 2.31. The maximum atomic E-state index is 6.09. The molecule has 1 aliphatic carbocycles. The third-order valence-corrected chi connectivity index (χ3v) is 4.62. The summed E-state index contributed by atoms with van der Waals surface area (Å²) in [6.45, 7) is 2.12. The third kappa shape index (κ3) is 2.16. The second-order valence-electron chi connectivity index (χ2n) is 5.13. The molecule has 0 bridgehead atoms. The number of nitrogens with two attached hydrogens (primary N) is 1. The molecule has 2 N–H and O–H groups in total. The molecule has 3 rings (SSSR count). The van der Waals surface area contributed by atoms with E-state index in [1.54, 1.807) is 11.3 Å². The number of fused-ring (bicyclic) bond motifs is 2. The Hall–Kier alpha value is -1.94. The van der Waals surface area contributed by atoms with Gasteiger partial charge in [0.05, 0.1) is 20.8 Å². The summed E-state index contributed by atoms with van der Waals surface area (Å²) in [6.07, 6.45) is 0.936. The van der Waals surface area contributed by atoms with Crippen LogP contribution in [0.2, 0.25) is 0 Å². The van der Waals surface area contributed by atoms with E-state index >= 15 is 0 Å². The Balaban J connectivity index is 2.35. The standard InChI is InChI=1S/C16H17N3S/c1-4-10-7-14-16(9-12(10)17)20-15-8-11(19(2)3)5-6-13(15)18-14/h5-9,17H,4H2,1-3H3/p+1. The van der Waals surface area contributed by atoms with Crippen molar-refractivity contribution in [3.05, 3.63) is 41.3 Å². The molecule has 0 saturated heterocycles. The van der Waals surface area contributed by atoms with Crippen LogP contribution in [-0.4, -0.2) is 19.1 Å². The van der Waals surface area contributed by atoms with Crippen molar-refractivity contribution < 1.29 is 0 Å². The molecule has 3 nitrogen and oxygen atoms in total. The van der Waals surface area contributed by atoms with E-state index in [-0.39, 0.29) is 0 Å². The van der Waals surface area contributed by atoms with Crippen LogP contribution in [0.5, 0.6) is 0 Å². The molecular weight excluding hydrogens is 266 g/mol. The normalized spacial score (nSPS) is 11.2. The first-order valence-electron chi connectivity index (χ1n) is 6.72. The lowest BCUT2D eigenvalue weighted by atomic mass is 10.1. The maximum Gasteiger partial charge on any atom is 0.201 e. The first kappa shape index (κ1) is 13.1. The number of anilines is 1. The van der Waals surface area contributed by atoms with Gasteiger partial charge in [0.15, 0.2) is 0 Å². The van der Waals surface area contributed by atoms with E-state index in [0.29, 0.717) is 0 Å². The van der Waals surface area contributed by atoms with Gasteiger partial charge in [-0.1, -0.05) is 6.92 Å². The van der Waals surface area contributed by atoms with E-state index in [9.17, 15) is 0 Å². The maximum absolute atomic E-state index is 6.09. The number of hydrogen-bond donors (Lipinski definition) is 1. The molecule has 1 aromatic carbocycles. The molecule has 0 fully saturated rings. The first-order chi connectivity index (χ1) is 9.58. The molecule has 20 heavy (non-hydrogen) atoms. The Labute approximate surface area is 122 Å². The predicted molar refractivity (Wildman–Crippen MR) is 87.1 cm³/mol. The molecule has 2 aliphatic rings. The molecule has 0 aromatic heterocycles. The van der Waals surface area contributed by atoms with E-state index in [1.807, 2.05) is 20.2 Å². The molecule has 0 atom stereocenters. The van der Waals surface area contributed by atoms with E-state index in [0.717, 1.165) is 28.0 Å². The fraction of sp³-hybridized carbons (Fsp3) is 0.250. The lowest BCUT2D eigenvalue weighted by Gasteiger charge is -2.08. The van der Waals surface area contributed by atoms with Crippen LogP contribution in [0.25, 0.3) is 20.8 Å². The Bertz CT molecular complexity index is 829. The summed E-state index contributed by atoms with van der Waals surface area (Å²) >= 11 is 1.75. The van der Waals surface area contributed by atoms with E-state index in [2.05, 4.69) is 35.8 Å². The molecular formula is C16H18N3S+. The second kappa shape index (κ2) is 4.87. The van der Waals surface area contributed by atoms with Crippen LogP contribution in [-0.2, 0) is 6.42 Å². The number of aryl methyl sites for hydroxylation is 1. The minimum Gasteiger partial charge on any atom is -0.398 e. The Morgan fingerprint density at radius 1 is 1.20 bits per heavy atom. The van der Waals surface area contributed by atoms with Crippen molar-refractivity contribution in [2.75, 3.05) is 19.8 Å². The summed E-state index contributed by atoms with van der Waals surface area (Å²) in [4.78, 5) is 5.95. The fourth-order valence-corrected chi connectivity index (χ4v) is 3.34. The minimum atomic E-state index is 0.862. The highest BCUT2D eigenvalue weighted by molar-refractivity contribution is 7.21. The van der Waals surface area contributed by atoms with Crippen molar-refractivity contribution in [3.63, 3.8) is 0 Å². The zero-order valence-electron chi connectivity index (χ0n) is 12.0. The highest BCUT2D eigenvalue weighted by Gasteiger charge is 2.10. The second-order valence-corrected chi connectivity index (χ2v) is 6.22. The Kier molecular flexibility index (Phi) is 3.18.